The van der Waals surface area contributed by atoms with Crippen LogP contribution in [-0.4, -0.2) is 56.2 Å². The Morgan fingerprint density at radius 1 is 1.57 bits per heavy atom. The molecule has 21 heavy (non-hydrogen) atoms. The van der Waals surface area contributed by atoms with E-state index in [4.69, 9.17) is 9.47 Å². The number of carbonyl (C=O) groups excluding carboxylic acids is 2. The molecule has 1 aliphatic rings. The smallest absolute Gasteiger partial charge is 0.258 e. The third kappa shape index (κ3) is 4.71. The number of amides is 2. The number of benzene rings is 1. The molecule has 1 heterocycles. The summed E-state index contributed by atoms with van der Waals surface area (Å²) >= 11 is 0. The maximum Gasteiger partial charge on any atom is 0.258 e. The summed E-state index contributed by atoms with van der Waals surface area (Å²) in [6.07, 6.45) is -0.231. The molecule has 1 saturated heterocycles. The van der Waals surface area contributed by atoms with E-state index >= 15 is 0 Å². The highest BCUT2D eigenvalue weighted by atomic mass is 19.1. The molecule has 1 aromatic rings. The Balaban J connectivity index is 1.69. The molecule has 1 fully saturated rings. The summed E-state index contributed by atoms with van der Waals surface area (Å²) in [6, 6.07) is 5.58. The van der Waals surface area contributed by atoms with Gasteiger partial charge in [0.25, 0.3) is 5.91 Å². The van der Waals surface area contributed by atoms with Crippen molar-refractivity contribution in [3.8, 4) is 5.75 Å². The molecule has 114 valence electrons. The Labute approximate surface area is 121 Å². The predicted molar refractivity (Wildman–Crippen MR) is 72.3 cm³/mol. The van der Waals surface area contributed by atoms with Crippen LogP contribution in [0.5, 0.6) is 5.75 Å². The number of hydrogen-bond donors (Lipinski definition) is 1. The first-order chi connectivity index (χ1) is 10.0. The van der Waals surface area contributed by atoms with Crippen molar-refractivity contribution in [3.05, 3.63) is 30.1 Å². The van der Waals surface area contributed by atoms with Gasteiger partial charge in [-0.2, -0.15) is 0 Å². The molecule has 1 aliphatic heterocycles. The van der Waals surface area contributed by atoms with Crippen LogP contribution in [0.2, 0.25) is 0 Å². The highest BCUT2D eigenvalue weighted by Gasteiger charge is 2.23. The lowest BCUT2D eigenvalue weighted by molar-refractivity contribution is -0.146. The van der Waals surface area contributed by atoms with Gasteiger partial charge in [-0.15, -0.1) is 0 Å². The maximum atomic E-state index is 12.9. The van der Waals surface area contributed by atoms with Gasteiger partial charge in [-0.3, -0.25) is 9.59 Å². The summed E-state index contributed by atoms with van der Waals surface area (Å²) in [5, 5.41) is 2.65. The van der Waals surface area contributed by atoms with Gasteiger partial charge >= 0.3 is 0 Å². The molecule has 1 N–H and O–H groups in total. The van der Waals surface area contributed by atoms with E-state index in [1.54, 1.807) is 18.0 Å². The van der Waals surface area contributed by atoms with Gasteiger partial charge in [0.2, 0.25) is 5.91 Å². The Morgan fingerprint density at radius 2 is 2.38 bits per heavy atom. The van der Waals surface area contributed by atoms with Gasteiger partial charge in [0.15, 0.2) is 6.61 Å². The molecule has 2 amide bonds. The van der Waals surface area contributed by atoms with E-state index in [0.717, 1.165) is 0 Å². The normalized spacial score (nSPS) is 18.5. The van der Waals surface area contributed by atoms with Crippen LogP contribution in [0.3, 0.4) is 0 Å². The Morgan fingerprint density at radius 3 is 3.10 bits per heavy atom. The topological polar surface area (TPSA) is 67.9 Å². The van der Waals surface area contributed by atoms with E-state index in [0.29, 0.717) is 18.8 Å². The molecule has 1 aromatic carbocycles. The first-order valence-corrected chi connectivity index (χ1v) is 6.55. The van der Waals surface area contributed by atoms with Crippen molar-refractivity contribution in [2.75, 3.05) is 33.4 Å². The standard InChI is InChI=1S/C14H17FN2O4/c1-17-7-12(21-9-14(17)19)6-16-13(18)8-20-11-4-2-3-10(15)5-11/h2-5,12H,6-9H2,1H3,(H,16,18). The number of nitrogens with one attached hydrogen (secondary N) is 1. The fourth-order valence-electron chi connectivity index (χ4n) is 1.87. The summed E-state index contributed by atoms with van der Waals surface area (Å²) < 4.78 is 23.4. The van der Waals surface area contributed by atoms with Crippen molar-refractivity contribution < 1.29 is 23.5 Å². The van der Waals surface area contributed by atoms with Gasteiger partial charge in [0.1, 0.15) is 18.2 Å². The average molecular weight is 296 g/mol. The van der Waals surface area contributed by atoms with Crippen molar-refractivity contribution in [2.24, 2.45) is 0 Å². The van der Waals surface area contributed by atoms with Crippen molar-refractivity contribution in [2.45, 2.75) is 6.10 Å². The largest absolute Gasteiger partial charge is 0.484 e. The van der Waals surface area contributed by atoms with Gasteiger partial charge in [-0.1, -0.05) is 6.07 Å². The van der Waals surface area contributed by atoms with Crippen molar-refractivity contribution in [1.82, 2.24) is 10.2 Å². The van der Waals surface area contributed by atoms with Crippen LogP contribution in [0.25, 0.3) is 0 Å². The molecule has 0 radical (unpaired) electrons. The number of carbonyl (C=O) groups is 2. The summed E-state index contributed by atoms with van der Waals surface area (Å²) in [7, 11) is 1.69. The number of hydrogen-bond acceptors (Lipinski definition) is 4. The van der Waals surface area contributed by atoms with E-state index in [1.807, 2.05) is 0 Å². The second-order valence-corrected chi connectivity index (χ2v) is 4.76. The Kier molecular flexibility index (Phi) is 5.10. The first kappa shape index (κ1) is 15.2. The highest BCUT2D eigenvalue weighted by molar-refractivity contribution is 5.78. The van der Waals surface area contributed by atoms with Crippen LogP contribution in [0.4, 0.5) is 4.39 Å². The fraction of sp³-hybridized carbons (Fsp3) is 0.429. The molecule has 6 nitrogen and oxygen atoms in total. The number of halogens is 1. The number of ether oxygens (including phenoxy) is 2. The Bertz CT molecular complexity index is 523. The molecule has 0 bridgehead atoms. The zero-order valence-electron chi connectivity index (χ0n) is 11.7. The molecule has 0 aliphatic carbocycles. The third-order valence-electron chi connectivity index (χ3n) is 3.04. The molecule has 0 saturated carbocycles. The summed E-state index contributed by atoms with van der Waals surface area (Å²) in [4.78, 5) is 24.4. The Hall–Kier alpha value is -2.15. The van der Waals surface area contributed by atoms with Crippen molar-refractivity contribution in [1.29, 1.82) is 0 Å². The molecular weight excluding hydrogens is 279 g/mol. The summed E-state index contributed by atoms with van der Waals surface area (Å²) in [6.45, 7) is 0.550. The number of likely N-dealkylation sites (N-methyl/N-ethyl adjacent to an activating group) is 1. The van der Waals surface area contributed by atoms with Gasteiger partial charge < -0.3 is 19.7 Å². The zero-order chi connectivity index (χ0) is 15.2. The minimum atomic E-state index is -0.420. The van der Waals surface area contributed by atoms with Crippen molar-refractivity contribution in [3.63, 3.8) is 0 Å². The molecular formula is C14H17FN2O4. The monoisotopic (exact) mass is 296 g/mol. The molecule has 0 spiro atoms. The molecule has 7 heteroatoms. The fourth-order valence-corrected chi connectivity index (χ4v) is 1.87. The summed E-state index contributed by atoms with van der Waals surface area (Å²) in [5.74, 6) is -0.532. The second kappa shape index (κ2) is 7.03. The SMILES string of the molecule is CN1CC(CNC(=O)COc2cccc(F)c2)OCC1=O. The van der Waals surface area contributed by atoms with E-state index in [9.17, 15) is 14.0 Å². The maximum absolute atomic E-state index is 12.9. The number of morpholine rings is 1. The number of nitrogens with zero attached hydrogens (tertiary/aromatic N) is 1. The minimum absolute atomic E-state index is 0.0246. The van der Waals surface area contributed by atoms with Crippen LogP contribution in [0.15, 0.2) is 24.3 Å². The molecule has 1 unspecified atom stereocenters. The minimum Gasteiger partial charge on any atom is -0.484 e. The van der Waals surface area contributed by atoms with Crippen LogP contribution in [0, 0.1) is 5.82 Å². The average Bonchev–Trinajstić information content (AvgIpc) is 2.46. The quantitative estimate of drug-likeness (QED) is 0.841. The molecule has 1 atom stereocenters. The molecule has 2 rings (SSSR count). The van der Waals surface area contributed by atoms with Gasteiger partial charge in [0, 0.05) is 26.2 Å². The third-order valence-corrected chi connectivity index (χ3v) is 3.04. The van der Waals surface area contributed by atoms with Crippen LogP contribution >= 0.6 is 0 Å². The lowest BCUT2D eigenvalue weighted by atomic mass is 10.3. The van der Waals surface area contributed by atoms with E-state index in [-0.39, 0.29) is 31.1 Å². The zero-order valence-corrected chi connectivity index (χ0v) is 11.7. The van der Waals surface area contributed by atoms with E-state index in [1.165, 1.54) is 18.2 Å². The number of rotatable bonds is 5. The molecule has 0 aromatic heterocycles. The predicted octanol–water partition coefficient (Wildman–Crippen LogP) is 0.178. The van der Waals surface area contributed by atoms with Crippen LogP contribution in [0.1, 0.15) is 0 Å². The highest BCUT2D eigenvalue weighted by Crippen LogP contribution is 2.11. The first-order valence-electron chi connectivity index (χ1n) is 6.55. The summed E-state index contributed by atoms with van der Waals surface area (Å²) in [5.41, 5.74) is 0. The van der Waals surface area contributed by atoms with Gasteiger partial charge in [0.05, 0.1) is 6.10 Å². The van der Waals surface area contributed by atoms with E-state index < -0.39 is 5.82 Å². The van der Waals surface area contributed by atoms with Gasteiger partial charge in [-0.05, 0) is 12.1 Å². The van der Waals surface area contributed by atoms with Gasteiger partial charge in [-0.25, -0.2) is 4.39 Å². The van der Waals surface area contributed by atoms with Crippen LogP contribution in [-0.2, 0) is 14.3 Å². The van der Waals surface area contributed by atoms with E-state index in [2.05, 4.69) is 5.32 Å². The van der Waals surface area contributed by atoms with Crippen molar-refractivity contribution >= 4 is 11.8 Å². The van der Waals surface area contributed by atoms with Crippen LogP contribution < -0.4 is 10.1 Å². The lowest BCUT2D eigenvalue weighted by Crippen LogP contribution is -2.49. The lowest BCUT2D eigenvalue weighted by Gasteiger charge is -2.29. The second-order valence-electron chi connectivity index (χ2n) is 4.76.